The van der Waals surface area contributed by atoms with Crippen molar-refractivity contribution in [2.75, 3.05) is 13.1 Å². The largest absolute Gasteiger partial charge is 0.480 e. The predicted molar refractivity (Wildman–Crippen MR) is 141 cm³/mol. The van der Waals surface area contributed by atoms with E-state index in [2.05, 4.69) is 10.7 Å². The number of carbonyl (C=O) groups excluding carboxylic acids is 2. The second-order valence-electron chi connectivity index (χ2n) is 10.1. The molecule has 2 fully saturated rings. The van der Waals surface area contributed by atoms with Gasteiger partial charge in [0.2, 0.25) is 5.43 Å². The summed E-state index contributed by atoms with van der Waals surface area (Å²) in [5, 5.41) is 5.45. The third-order valence-electron chi connectivity index (χ3n) is 7.35. The molecule has 1 atom stereocenters. The zero-order chi connectivity index (χ0) is 26.6. The van der Waals surface area contributed by atoms with Crippen LogP contribution in [-0.2, 0) is 11.2 Å². The zero-order valence-electron chi connectivity index (χ0n) is 20.3. The van der Waals surface area contributed by atoms with Crippen LogP contribution < -0.4 is 20.9 Å². The molecule has 3 heterocycles. The molecule has 1 aliphatic carbocycles. The molecule has 1 unspecified atom stereocenters. The fourth-order valence-electron chi connectivity index (χ4n) is 5.15. The monoisotopic (exact) mass is 558 g/mol. The quantitative estimate of drug-likeness (QED) is 0.493. The SMILES string of the molecule is O=C(NC1CCN(NC(=O)C2Cc3cc(Cl)ccc3O2)CC1)c1cn(C2CC2)c2cc(Cl)c(F)cc2c1=O. The fraction of sp³-hybridized carbons (Fsp3) is 0.370. The van der Waals surface area contributed by atoms with Gasteiger partial charge >= 0.3 is 0 Å². The van der Waals surface area contributed by atoms with Crippen molar-refractivity contribution in [1.82, 2.24) is 20.3 Å². The van der Waals surface area contributed by atoms with Crippen molar-refractivity contribution in [3.05, 3.63) is 73.7 Å². The van der Waals surface area contributed by atoms with Crippen molar-refractivity contribution in [2.45, 2.75) is 50.3 Å². The van der Waals surface area contributed by atoms with E-state index in [1.807, 2.05) is 9.58 Å². The smallest absolute Gasteiger partial charge is 0.275 e. The molecule has 8 nitrogen and oxygen atoms in total. The lowest BCUT2D eigenvalue weighted by molar-refractivity contribution is -0.132. The molecule has 3 aromatic rings. The number of nitrogens with one attached hydrogen (secondary N) is 2. The highest BCUT2D eigenvalue weighted by Crippen LogP contribution is 2.37. The number of piperidine rings is 1. The minimum Gasteiger partial charge on any atom is -0.480 e. The molecule has 2 aromatic carbocycles. The Kier molecular flexibility index (Phi) is 6.53. The summed E-state index contributed by atoms with van der Waals surface area (Å²) in [6, 6.07) is 7.84. The summed E-state index contributed by atoms with van der Waals surface area (Å²) < 4.78 is 21.8. The minimum absolute atomic E-state index is 0.0140. The van der Waals surface area contributed by atoms with Crippen LogP contribution in [0.15, 0.2) is 41.3 Å². The van der Waals surface area contributed by atoms with E-state index in [-0.39, 0.29) is 34.0 Å². The zero-order valence-corrected chi connectivity index (χ0v) is 21.8. The number of rotatable bonds is 5. The number of aromatic nitrogens is 1. The maximum absolute atomic E-state index is 14.2. The van der Waals surface area contributed by atoms with E-state index in [0.29, 0.717) is 48.6 Å². The van der Waals surface area contributed by atoms with Crippen LogP contribution in [0, 0.1) is 5.82 Å². The van der Waals surface area contributed by atoms with Crippen molar-refractivity contribution >= 4 is 45.9 Å². The van der Waals surface area contributed by atoms with E-state index < -0.39 is 23.3 Å². The number of halogens is 3. The lowest BCUT2D eigenvalue weighted by Gasteiger charge is -2.32. The molecule has 198 valence electrons. The highest BCUT2D eigenvalue weighted by molar-refractivity contribution is 6.31. The number of ether oxygens (including phenoxy) is 1. The summed E-state index contributed by atoms with van der Waals surface area (Å²) in [5.74, 6) is -0.749. The first-order valence-corrected chi connectivity index (χ1v) is 13.4. The molecule has 2 amide bonds. The van der Waals surface area contributed by atoms with E-state index >= 15 is 0 Å². The number of benzene rings is 2. The van der Waals surface area contributed by atoms with Crippen LogP contribution in [0.25, 0.3) is 10.9 Å². The maximum atomic E-state index is 14.2. The standard InChI is InChI=1S/C27H25Cl2FN4O4/c28-15-1-4-23-14(9-15)10-24(38-23)27(37)32-33-7-5-16(6-8-33)31-26(36)19-13-34(17-2-3-17)22-12-20(29)21(30)11-18(22)25(19)35/h1,4,9,11-13,16-17,24H,2-3,5-8,10H2,(H,31,36)(H,32,37). The number of hydrazine groups is 1. The second-order valence-corrected chi connectivity index (χ2v) is 10.9. The van der Waals surface area contributed by atoms with Gasteiger partial charge in [0.05, 0.1) is 10.5 Å². The average Bonchev–Trinajstić information content (AvgIpc) is 3.64. The highest BCUT2D eigenvalue weighted by Gasteiger charge is 2.32. The number of hydrogen-bond acceptors (Lipinski definition) is 5. The van der Waals surface area contributed by atoms with Crippen molar-refractivity contribution in [3.63, 3.8) is 0 Å². The van der Waals surface area contributed by atoms with Crippen LogP contribution in [0.2, 0.25) is 10.0 Å². The number of amides is 2. The van der Waals surface area contributed by atoms with Gasteiger partial charge in [-0.05, 0) is 61.6 Å². The first-order chi connectivity index (χ1) is 18.3. The highest BCUT2D eigenvalue weighted by atomic mass is 35.5. The summed E-state index contributed by atoms with van der Waals surface area (Å²) in [5.41, 5.74) is 3.80. The van der Waals surface area contributed by atoms with Gasteiger partial charge in [0.25, 0.3) is 11.8 Å². The second kappa shape index (κ2) is 9.87. The molecule has 3 aliphatic rings. The topological polar surface area (TPSA) is 92.7 Å². The Balaban J connectivity index is 1.08. The molecule has 1 aromatic heterocycles. The first-order valence-electron chi connectivity index (χ1n) is 12.6. The third-order valence-corrected chi connectivity index (χ3v) is 7.87. The molecule has 0 spiro atoms. The van der Waals surface area contributed by atoms with Crippen LogP contribution in [0.3, 0.4) is 0 Å². The molecular formula is C27H25Cl2FN4O4. The summed E-state index contributed by atoms with van der Waals surface area (Å²) in [7, 11) is 0. The van der Waals surface area contributed by atoms with Crippen molar-refractivity contribution in [1.29, 1.82) is 0 Å². The van der Waals surface area contributed by atoms with E-state index in [0.717, 1.165) is 24.5 Å². The molecule has 2 N–H and O–H groups in total. The Morgan fingerprint density at radius 3 is 2.55 bits per heavy atom. The molecule has 2 aliphatic heterocycles. The van der Waals surface area contributed by atoms with Gasteiger partial charge in [0.1, 0.15) is 17.1 Å². The summed E-state index contributed by atoms with van der Waals surface area (Å²) in [6.45, 7) is 1.05. The van der Waals surface area contributed by atoms with Gasteiger partial charge in [-0.3, -0.25) is 19.8 Å². The lowest BCUT2D eigenvalue weighted by Crippen LogP contribution is -2.53. The van der Waals surface area contributed by atoms with E-state index in [4.69, 9.17) is 27.9 Å². The van der Waals surface area contributed by atoms with Gasteiger partial charge in [0.15, 0.2) is 6.10 Å². The van der Waals surface area contributed by atoms with Gasteiger partial charge in [-0.25, -0.2) is 9.40 Å². The van der Waals surface area contributed by atoms with Gasteiger partial charge < -0.3 is 14.6 Å². The number of nitrogens with zero attached hydrogens (tertiary/aromatic N) is 2. The molecule has 1 saturated carbocycles. The number of carbonyl (C=O) groups is 2. The van der Waals surface area contributed by atoms with Crippen LogP contribution in [0.5, 0.6) is 5.75 Å². The fourth-order valence-corrected chi connectivity index (χ4v) is 5.50. The average molecular weight is 559 g/mol. The van der Waals surface area contributed by atoms with Crippen molar-refractivity contribution in [2.24, 2.45) is 0 Å². The normalized spacial score (nSPS) is 19.7. The van der Waals surface area contributed by atoms with Crippen molar-refractivity contribution < 1.29 is 18.7 Å². The van der Waals surface area contributed by atoms with Gasteiger partial charge in [-0.1, -0.05) is 23.2 Å². The molecule has 0 radical (unpaired) electrons. The van der Waals surface area contributed by atoms with Crippen LogP contribution >= 0.6 is 23.2 Å². The van der Waals surface area contributed by atoms with E-state index in [9.17, 15) is 18.8 Å². The first kappa shape index (κ1) is 25.2. The van der Waals surface area contributed by atoms with Gasteiger partial charge in [-0.2, -0.15) is 0 Å². The molecule has 0 bridgehead atoms. The predicted octanol–water partition coefficient (Wildman–Crippen LogP) is 4.01. The van der Waals surface area contributed by atoms with Crippen LogP contribution in [0.4, 0.5) is 4.39 Å². The maximum Gasteiger partial charge on any atom is 0.275 e. The van der Waals surface area contributed by atoms with Crippen LogP contribution in [0.1, 0.15) is 47.6 Å². The third kappa shape index (κ3) is 4.86. The molecular weight excluding hydrogens is 534 g/mol. The lowest BCUT2D eigenvalue weighted by atomic mass is 10.0. The number of fused-ring (bicyclic) bond motifs is 2. The molecule has 11 heteroatoms. The Bertz CT molecular complexity index is 1520. The minimum atomic E-state index is -0.693. The Hall–Kier alpha value is -3.14. The summed E-state index contributed by atoms with van der Waals surface area (Å²) in [4.78, 5) is 39.0. The molecule has 1 saturated heterocycles. The molecule has 38 heavy (non-hydrogen) atoms. The Morgan fingerprint density at radius 2 is 1.82 bits per heavy atom. The van der Waals surface area contributed by atoms with Gasteiger partial charge in [-0.15, -0.1) is 0 Å². The number of pyridine rings is 1. The van der Waals surface area contributed by atoms with Crippen LogP contribution in [-0.4, -0.2) is 46.6 Å². The Morgan fingerprint density at radius 1 is 1.05 bits per heavy atom. The molecule has 6 rings (SSSR count). The summed E-state index contributed by atoms with van der Waals surface area (Å²) >= 11 is 12.0. The van der Waals surface area contributed by atoms with Crippen molar-refractivity contribution in [3.8, 4) is 5.75 Å². The Labute approximate surface area is 227 Å². The van der Waals surface area contributed by atoms with Gasteiger partial charge in [0, 0.05) is 48.2 Å². The number of hydrogen-bond donors (Lipinski definition) is 2. The summed E-state index contributed by atoms with van der Waals surface area (Å²) in [6.07, 6.45) is 4.41. The van der Waals surface area contributed by atoms with E-state index in [1.165, 1.54) is 6.07 Å². The van der Waals surface area contributed by atoms with E-state index in [1.54, 1.807) is 24.4 Å².